The monoisotopic (exact) mass is 484 g/mol. The van der Waals surface area contributed by atoms with Crippen LogP contribution in [-0.2, 0) is 33.8 Å². The molecule has 1 amide bonds. The van der Waals surface area contributed by atoms with Gasteiger partial charge in [0, 0.05) is 43.5 Å². The minimum Gasteiger partial charge on any atom is -0.378 e. The molecule has 3 aromatic heterocycles. The van der Waals surface area contributed by atoms with Crippen molar-refractivity contribution >= 4 is 43.5 Å². The third-order valence-corrected chi connectivity index (χ3v) is 8.01. The van der Waals surface area contributed by atoms with Crippen LogP contribution >= 0.6 is 11.3 Å². The predicted octanol–water partition coefficient (Wildman–Crippen LogP) is 1.71. The van der Waals surface area contributed by atoms with Crippen LogP contribution in [-0.4, -0.2) is 75.8 Å². The third-order valence-electron chi connectivity index (χ3n) is 6.95. The number of morpholine rings is 1. The summed E-state index contributed by atoms with van der Waals surface area (Å²) in [7, 11) is 0. The third kappa shape index (κ3) is 3.66. The van der Waals surface area contributed by atoms with Crippen molar-refractivity contribution < 1.29 is 14.3 Å². The minimum absolute atomic E-state index is 0.124. The Labute approximate surface area is 200 Å². The molecule has 6 rings (SSSR count). The summed E-state index contributed by atoms with van der Waals surface area (Å²) in [5.74, 6) is 0.823. The fraction of sp³-hybridized carbons (Fsp3) is 0.609. The van der Waals surface area contributed by atoms with Crippen molar-refractivity contribution in [2.45, 2.75) is 51.9 Å². The van der Waals surface area contributed by atoms with Crippen LogP contribution in [0.3, 0.4) is 0 Å². The zero-order valence-corrected chi connectivity index (χ0v) is 20.3. The van der Waals surface area contributed by atoms with Gasteiger partial charge < -0.3 is 19.3 Å². The Bertz CT molecular complexity index is 1340. The van der Waals surface area contributed by atoms with E-state index in [1.54, 1.807) is 4.90 Å². The van der Waals surface area contributed by atoms with Crippen molar-refractivity contribution in [2.24, 2.45) is 0 Å². The molecule has 11 heteroatoms. The summed E-state index contributed by atoms with van der Waals surface area (Å²) in [5.41, 5.74) is 2.23. The highest BCUT2D eigenvalue weighted by Gasteiger charge is 2.34. The van der Waals surface area contributed by atoms with Gasteiger partial charge in [0.05, 0.1) is 25.4 Å². The van der Waals surface area contributed by atoms with Crippen LogP contribution < -0.4 is 10.5 Å². The Kier molecular flexibility index (Phi) is 5.30. The molecule has 6 heterocycles. The second-order valence-electron chi connectivity index (χ2n) is 9.82. The second-order valence-corrected chi connectivity index (χ2v) is 10.8. The van der Waals surface area contributed by atoms with Gasteiger partial charge in [-0.1, -0.05) is 5.21 Å². The number of thiophene rings is 1. The van der Waals surface area contributed by atoms with Crippen molar-refractivity contribution in [2.75, 3.05) is 44.3 Å². The quantitative estimate of drug-likeness (QED) is 0.554. The SMILES string of the molecule is CC1(C)Cc2c(c(N3CCCC3)nc3sc4c(=O)n(CC(=O)N5CCOCC5)nnc4c23)CO1. The van der Waals surface area contributed by atoms with Gasteiger partial charge in [0.25, 0.3) is 5.56 Å². The number of carbonyl (C=O) groups is 1. The highest BCUT2D eigenvalue weighted by Crippen LogP contribution is 2.42. The number of amides is 1. The van der Waals surface area contributed by atoms with E-state index in [-0.39, 0.29) is 23.6 Å². The molecule has 0 saturated carbocycles. The van der Waals surface area contributed by atoms with E-state index >= 15 is 0 Å². The molecule has 0 bridgehead atoms. The van der Waals surface area contributed by atoms with Crippen LogP contribution in [0.2, 0.25) is 0 Å². The topological polar surface area (TPSA) is 103 Å². The van der Waals surface area contributed by atoms with Crippen molar-refractivity contribution in [1.29, 1.82) is 0 Å². The lowest BCUT2D eigenvalue weighted by Crippen LogP contribution is -2.43. The Morgan fingerprint density at radius 2 is 1.88 bits per heavy atom. The lowest BCUT2D eigenvalue weighted by atomic mass is 9.90. The fourth-order valence-corrected chi connectivity index (χ4v) is 6.21. The highest BCUT2D eigenvalue weighted by molar-refractivity contribution is 7.25. The number of ether oxygens (including phenoxy) is 2. The van der Waals surface area contributed by atoms with E-state index in [0.717, 1.165) is 53.1 Å². The number of fused-ring (bicyclic) bond motifs is 5. The molecule has 2 saturated heterocycles. The lowest BCUT2D eigenvalue weighted by molar-refractivity contribution is -0.136. The molecule has 3 aromatic rings. The van der Waals surface area contributed by atoms with Crippen molar-refractivity contribution in [3.05, 3.63) is 21.5 Å². The number of carbonyl (C=O) groups excluding carboxylic acids is 1. The normalized spacial score (nSPS) is 20.3. The zero-order chi connectivity index (χ0) is 23.4. The zero-order valence-electron chi connectivity index (χ0n) is 19.5. The van der Waals surface area contributed by atoms with Crippen LogP contribution in [0, 0.1) is 0 Å². The first-order chi connectivity index (χ1) is 16.4. The molecule has 3 aliphatic heterocycles. The van der Waals surface area contributed by atoms with Gasteiger partial charge in [0.15, 0.2) is 0 Å². The Hall–Kier alpha value is -2.63. The molecule has 0 aromatic carbocycles. The minimum atomic E-state index is -0.315. The average Bonchev–Trinajstić information content (AvgIpc) is 3.49. The highest BCUT2D eigenvalue weighted by atomic mass is 32.1. The number of hydrogen-bond acceptors (Lipinski definition) is 9. The summed E-state index contributed by atoms with van der Waals surface area (Å²) in [5, 5.41) is 9.51. The van der Waals surface area contributed by atoms with Gasteiger partial charge in [-0.05, 0) is 32.3 Å². The molecular weight excluding hydrogens is 456 g/mol. The van der Waals surface area contributed by atoms with Gasteiger partial charge in [-0.3, -0.25) is 9.59 Å². The number of rotatable bonds is 3. The molecule has 2 fully saturated rings. The van der Waals surface area contributed by atoms with E-state index in [1.165, 1.54) is 16.0 Å². The molecule has 0 aliphatic carbocycles. The van der Waals surface area contributed by atoms with Crippen molar-refractivity contribution in [1.82, 2.24) is 24.9 Å². The largest absolute Gasteiger partial charge is 0.378 e. The molecule has 34 heavy (non-hydrogen) atoms. The van der Waals surface area contributed by atoms with Gasteiger partial charge in [-0.2, -0.15) is 0 Å². The molecule has 10 nitrogen and oxygen atoms in total. The number of hydrogen-bond donors (Lipinski definition) is 0. The summed E-state index contributed by atoms with van der Waals surface area (Å²) in [6, 6.07) is 0. The molecule has 0 radical (unpaired) electrons. The number of nitrogens with zero attached hydrogens (tertiary/aromatic N) is 6. The molecule has 180 valence electrons. The van der Waals surface area contributed by atoms with E-state index in [2.05, 4.69) is 29.1 Å². The van der Waals surface area contributed by atoms with Crippen LogP contribution in [0.15, 0.2) is 4.79 Å². The number of pyridine rings is 1. The van der Waals surface area contributed by atoms with Crippen molar-refractivity contribution in [3.8, 4) is 0 Å². The van der Waals surface area contributed by atoms with Crippen LogP contribution in [0.4, 0.5) is 5.82 Å². The van der Waals surface area contributed by atoms with E-state index in [0.29, 0.717) is 49.5 Å². The van der Waals surface area contributed by atoms with Gasteiger partial charge >= 0.3 is 0 Å². The van der Waals surface area contributed by atoms with Crippen LogP contribution in [0.1, 0.15) is 37.8 Å². The van der Waals surface area contributed by atoms with E-state index in [9.17, 15) is 9.59 Å². The maximum Gasteiger partial charge on any atom is 0.288 e. The Morgan fingerprint density at radius 1 is 1.12 bits per heavy atom. The molecule has 0 N–H and O–H groups in total. The maximum absolute atomic E-state index is 13.4. The summed E-state index contributed by atoms with van der Waals surface area (Å²) >= 11 is 1.35. The molecule has 0 spiro atoms. The van der Waals surface area contributed by atoms with Gasteiger partial charge in [-0.15, -0.1) is 16.4 Å². The molecular formula is C23H28N6O4S. The first-order valence-corrected chi connectivity index (χ1v) is 12.7. The predicted molar refractivity (Wildman–Crippen MR) is 128 cm³/mol. The van der Waals surface area contributed by atoms with E-state index in [1.807, 2.05) is 0 Å². The number of anilines is 1. The van der Waals surface area contributed by atoms with Crippen molar-refractivity contribution in [3.63, 3.8) is 0 Å². The van der Waals surface area contributed by atoms with Gasteiger partial charge in [0.2, 0.25) is 5.91 Å². The molecule has 0 atom stereocenters. The summed E-state index contributed by atoms with van der Waals surface area (Å²) in [6.45, 7) is 8.58. The summed E-state index contributed by atoms with van der Waals surface area (Å²) in [4.78, 5) is 35.9. The first kappa shape index (κ1) is 21.9. The summed E-state index contributed by atoms with van der Waals surface area (Å²) < 4.78 is 13.1. The van der Waals surface area contributed by atoms with E-state index < -0.39 is 0 Å². The molecule has 0 unspecified atom stereocenters. The Balaban J connectivity index is 1.47. The fourth-order valence-electron chi connectivity index (χ4n) is 5.13. The second kappa shape index (κ2) is 8.24. The lowest BCUT2D eigenvalue weighted by Gasteiger charge is -2.34. The maximum atomic E-state index is 13.4. The van der Waals surface area contributed by atoms with E-state index in [4.69, 9.17) is 14.5 Å². The van der Waals surface area contributed by atoms with Gasteiger partial charge in [-0.25, -0.2) is 9.67 Å². The van der Waals surface area contributed by atoms with Crippen LogP contribution in [0.25, 0.3) is 20.4 Å². The number of aromatic nitrogens is 4. The van der Waals surface area contributed by atoms with Crippen LogP contribution in [0.5, 0.6) is 0 Å². The summed E-state index contributed by atoms with van der Waals surface area (Å²) in [6.07, 6.45) is 3.02. The average molecular weight is 485 g/mol. The standard InChI is InChI=1S/C23H28N6O4S/c1-23(2)11-14-15(13-33-23)20(28-5-3-4-6-28)24-21-17(14)18-19(34-21)22(31)29(26-25-18)12-16(30)27-7-9-32-10-8-27/h3-13H2,1-2H3. The Morgan fingerprint density at radius 3 is 2.65 bits per heavy atom. The smallest absolute Gasteiger partial charge is 0.288 e. The van der Waals surface area contributed by atoms with Gasteiger partial charge in [0.1, 0.15) is 27.4 Å². The first-order valence-electron chi connectivity index (χ1n) is 11.9. The molecule has 3 aliphatic rings.